The molecule has 4 N–H and O–H groups in total. The summed E-state index contributed by atoms with van der Waals surface area (Å²) in [7, 11) is 0. The smallest absolute Gasteiger partial charge is 0.341 e. The van der Waals surface area contributed by atoms with Crippen molar-refractivity contribution in [2.75, 3.05) is 12.3 Å². The Kier molecular flexibility index (Phi) is 6.39. The van der Waals surface area contributed by atoms with E-state index in [-0.39, 0.29) is 18.2 Å². The zero-order valence-electron chi connectivity index (χ0n) is 18.2. The first-order valence-corrected chi connectivity index (χ1v) is 11.2. The lowest BCUT2D eigenvalue weighted by atomic mass is 10.0. The standard InChI is InChI=1S/C25H23N3O4S/c1-3-31-25(30)17-12-28-23(26)20-18(13-33-22(17)20)24(27)32-19-11-16(10-9-14(19)2)21(29)15-7-5-4-6-8-15/h4-13,24H,3,27H2,1-2H3,(H2,26,28). The third-order valence-electron chi connectivity index (χ3n) is 5.20. The summed E-state index contributed by atoms with van der Waals surface area (Å²) in [5.41, 5.74) is 15.4. The van der Waals surface area contributed by atoms with Gasteiger partial charge in [0, 0.05) is 33.7 Å². The van der Waals surface area contributed by atoms with E-state index in [0.29, 0.717) is 38.1 Å². The average Bonchev–Trinajstić information content (AvgIpc) is 3.27. The first-order chi connectivity index (χ1) is 15.9. The van der Waals surface area contributed by atoms with Crippen molar-refractivity contribution in [3.8, 4) is 5.75 Å². The van der Waals surface area contributed by atoms with Crippen molar-refractivity contribution in [2.45, 2.75) is 20.1 Å². The molecule has 0 amide bonds. The molecule has 0 bridgehead atoms. The van der Waals surface area contributed by atoms with Crippen LogP contribution in [0, 0.1) is 6.92 Å². The molecule has 0 spiro atoms. The molecule has 0 aliphatic rings. The summed E-state index contributed by atoms with van der Waals surface area (Å²) < 4.78 is 11.8. The minimum atomic E-state index is -0.888. The Balaban J connectivity index is 1.66. The zero-order chi connectivity index (χ0) is 23.5. The topological polar surface area (TPSA) is 118 Å². The summed E-state index contributed by atoms with van der Waals surface area (Å²) in [4.78, 5) is 29.3. The first-order valence-electron chi connectivity index (χ1n) is 10.4. The number of hydrogen-bond donors (Lipinski definition) is 2. The number of ketones is 1. The Morgan fingerprint density at radius 3 is 2.61 bits per heavy atom. The molecule has 168 valence electrons. The van der Waals surface area contributed by atoms with Crippen LogP contribution in [-0.2, 0) is 4.74 Å². The van der Waals surface area contributed by atoms with Gasteiger partial charge in [-0.2, -0.15) is 0 Å². The number of esters is 1. The van der Waals surface area contributed by atoms with Gasteiger partial charge in [0.1, 0.15) is 11.6 Å². The lowest BCUT2D eigenvalue weighted by molar-refractivity contribution is 0.0528. The van der Waals surface area contributed by atoms with Crippen molar-refractivity contribution in [1.82, 2.24) is 4.98 Å². The number of nitrogens with two attached hydrogens (primary N) is 2. The van der Waals surface area contributed by atoms with Crippen molar-refractivity contribution in [3.05, 3.63) is 87.9 Å². The molecule has 0 aliphatic carbocycles. The van der Waals surface area contributed by atoms with Crippen LogP contribution in [0.5, 0.6) is 5.75 Å². The average molecular weight is 462 g/mol. The summed E-state index contributed by atoms with van der Waals surface area (Å²) >= 11 is 1.32. The van der Waals surface area contributed by atoms with Crippen LogP contribution in [0.15, 0.2) is 60.1 Å². The van der Waals surface area contributed by atoms with Crippen LogP contribution in [0.1, 0.15) is 50.6 Å². The van der Waals surface area contributed by atoms with Gasteiger partial charge in [0.15, 0.2) is 12.0 Å². The van der Waals surface area contributed by atoms with Gasteiger partial charge in [0.2, 0.25) is 0 Å². The molecule has 0 radical (unpaired) electrons. The van der Waals surface area contributed by atoms with Gasteiger partial charge in [-0.25, -0.2) is 9.78 Å². The second-order valence-electron chi connectivity index (χ2n) is 7.39. The van der Waals surface area contributed by atoms with Crippen LogP contribution in [0.4, 0.5) is 5.82 Å². The normalized spacial score (nSPS) is 11.8. The number of aromatic nitrogens is 1. The molecule has 33 heavy (non-hydrogen) atoms. The number of pyridine rings is 1. The highest BCUT2D eigenvalue weighted by molar-refractivity contribution is 7.17. The van der Waals surface area contributed by atoms with Crippen molar-refractivity contribution in [2.24, 2.45) is 5.73 Å². The monoisotopic (exact) mass is 461 g/mol. The second-order valence-corrected chi connectivity index (χ2v) is 8.27. The van der Waals surface area contributed by atoms with Crippen LogP contribution in [0.2, 0.25) is 0 Å². The number of carbonyl (C=O) groups is 2. The Morgan fingerprint density at radius 1 is 1.12 bits per heavy atom. The summed E-state index contributed by atoms with van der Waals surface area (Å²) in [6, 6.07) is 14.3. The van der Waals surface area contributed by atoms with Crippen LogP contribution < -0.4 is 16.2 Å². The number of aryl methyl sites for hydroxylation is 1. The molecular weight excluding hydrogens is 438 g/mol. The number of fused-ring (bicyclic) bond motifs is 1. The number of ether oxygens (including phenoxy) is 2. The molecule has 2 heterocycles. The van der Waals surface area contributed by atoms with Crippen LogP contribution in [-0.4, -0.2) is 23.3 Å². The number of carbonyl (C=O) groups excluding carboxylic acids is 2. The van der Waals surface area contributed by atoms with E-state index in [0.717, 1.165) is 5.56 Å². The lowest BCUT2D eigenvalue weighted by Crippen LogP contribution is -2.18. The van der Waals surface area contributed by atoms with Gasteiger partial charge < -0.3 is 15.2 Å². The summed E-state index contributed by atoms with van der Waals surface area (Å²) in [5, 5.41) is 2.36. The maximum atomic E-state index is 12.8. The maximum Gasteiger partial charge on any atom is 0.341 e. The highest BCUT2D eigenvalue weighted by Crippen LogP contribution is 2.36. The van der Waals surface area contributed by atoms with Gasteiger partial charge in [-0.1, -0.05) is 42.5 Å². The highest BCUT2D eigenvalue weighted by Gasteiger charge is 2.22. The van der Waals surface area contributed by atoms with E-state index in [1.54, 1.807) is 36.6 Å². The molecule has 0 saturated carbocycles. The number of nitrogens with zero attached hydrogens (tertiary/aromatic N) is 1. The maximum absolute atomic E-state index is 12.8. The Bertz CT molecular complexity index is 1330. The predicted octanol–water partition coefficient (Wildman–Crippen LogP) is 4.63. The molecule has 7 nitrogen and oxygen atoms in total. The van der Waals surface area contributed by atoms with Gasteiger partial charge in [0.05, 0.1) is 16.9 Å². The minimum absolute atomic E-state index is 0.109. The highest BCUT2D eigenvalue weighted by atomic mass is 32.1. The van der Waals surface area contributed by atoms with Crippen molar-refractivity contribution in [1.29, 1.82) is 0 Å². The Hall–Kier alpha value is -3.75. The summed E-state index contributed by atoms with van der Waals surface area (Å²) in [6.45, 7) is 3.87. The molecule has 2 aromatic carbocycles. The van der Waals surface area contributed by atoms with E-state index in [2.05, 4.69) is 4.98 Å². The molecule has 0 saturated heterocycles. The third-order valence-corrected chi connectivity index (χ3v) is 6.23. The van der Waals surface area contributed by atoms with E-state index in [1.807, 2.05) is 31.2 Å². The zero-order valence-corrected chi connectivity index (χ0v) is 19.0. The van der Waals surface area contributed by atoms with Gasteiger partial charge >= 0.3 is 5.97 Å². The Labute approximate surface area is 195 Å². The second kappa shape index (κ2) is 9.40. The van der Waals surface area contributed by atoms with E-state index in [9.17, 15) is 9.59 Å². The molecule has 2 aromatic heterocycles. The van der Waals surface area contributed by atoms with Gasteiger partial charge in [-0.15, -0.1) is 11.3 Å². The van der Waals surface area contributed by atoms with Crippen LogP contribution in [0.3, 0.4) is 0 Å². The molecule has 8 heteroatoms. The third kappa shape index (κ3) is 4.44. The van der Waals surface area contributed by atoms with Gasteiger partial charge in [0.25, 0.3) is 0 Å². The largest absolute Gasteiger partial charge is 0.471 e. The fourth-order valence-electron chi connectivity index (χ4n) is 3.48. The molecule has 0 fully saturated rings. The summed E-state index contributed by atoms with van der Waals surface area (Å²) in [5.74, 6) is 0.151. The van der Waals surface area contributed by atoms with Crippen LogP contribution in [0.25, 0.3) is 10.1 Å². The van der Waals surface area contributed by atoms with E-state index >= 15 is 0 Å². The lowest BCUT2D eigenvalue weighted by Gasteiger charge is -2.17. The molecule has 4 rings (SSSR count). The number of hydrogen-bond acceptors (Lipinski definition) is 8. The number of nitrogen functional groups attached to an aromatic ring is 1. The number of thiophene rings is 1. The number of benzene rings is 2. The Morgan fingerprint density at radius 2 is 1.88 bits per heavy atom. The molecule has 1 atom stereocenters. The van der Waals surface area contributed by atoms with Crippen molar-refractivity contribution < 1.29 is 19.1 Å². The fraction of sp³-hybridized carbons (Fsp3) is 0.160. The van der Waals surface area contributed by atoms with Gasteiger partial charge in [-0.05, 0) is 25.5 Å². The van der Waals surface area contributed by atoms with E-state index in [4.69, 9.17) is 20.9 Å². The quantitative estimate of drug-likeness (QED) is 0.234. The molecule has 1 unspecified atom stereocenters. The SMILES string of the molecule is CCOC(=O)c1cnc(N)c2c(C(N)Oc3cc(C(=O)c4ccccc4)ccc3C)csc12. The van der Waals surface area contributed by atoms with Gasteiger partial charge in [-0.3, -0.25) is 10.5 Å². The number of rotatable bonds is 7. The van der Waals surface area contributed by atoms with E-state index < -0.39 is 12.2 Å². The van der Waals surface area contributed by atoms with Crippen LogP contribution >= 0.6 is 11.3 Å². The van der Waals surface area contributed by atoms with E-state index in [1.165, 1.54) is 17.5 Å². The van der Waals surface area contributed by atoms with Crippen molar-refractivity contribution in [3.63, 3.8) is 0 Å². The molecule has 0 aliphatic heterocycles. The molecular formula is C25H23N3O4S. The first kappa shape index (κ1) is 22.4. The minimum Gasteiger partial charge on any atom is -0.471 e. The summed E-state index contributed by atoms with van der Waals surface area (Å²) in [6.07, 6.45) is 0.520. The predicted molar refractivity (Wildman–Crippen MR) is 129 cm³/mol. The number of anilines is 1. The van der Waals surface area contributed by atoms with Crippen molar-refractivity contribution >= 4 is 39.0 Å². The molecule has 4 aromatic rings. The fourth-order valence-corrected chi connectivity index (χ4v) is 4.58.